The molecule has 0 spiro atoms. The molecule has 102 valence electrons. The molecule has 5 N–H and O–H groups in total. The lowest BCUT2D eigenvalue weighted by Gasteiger charge is -2.31. The number of aliphatic hydroxyl groups is 2. The smallest absolute Gasteiger partial charge is 0.0951 e. The van der Waals surface area contributed by atoms with Crippen LogP contribution >= 0.6 is 0 Å². The van der Waals surface area contributed by atoms with Gasteiger partial charge in [0.2, 0.25) is 0 Å². The molecule has 0 atom stereocenters. The van der Waals surface area contributed by atoms with Crippen molar-refractivity contribution in [3.05, 3.63) is 30.5 Å². The molecule has 0 saturated carbocycles. The minimum absolute atomic E-state index is 0.147. The fourth-order valence-electron chi connectivity index (χ4n) is 2.03. The number of nitrogens with two attached hydrogens (primary N) is 1. The summed E-state index contributed by atoms with van der Waals surface area (Å²) in [5.74, 6) is 0. The third kappa shape index (κ3) is 2.47. The Morgan fingerprint density at radius 3 is 2.63 bits per heavy atom. The van der Waals surface area contributed by atoms with E-state index >= 15 is 0 Å². The van der Waals surface area contributed by atoms with Crippen LogP contribution in [0.1, 0.15) is 13.3 Å². The van der Waals surface area contributed by atoms with Crippen LogP contribution in [-0.4, -0.2) is 33.9 Å². The van der Waals surface area contributed by atoms with Crippen LogP contribution in [0.5, 0.6) is 0 Å². The van der Waals surface area contributed by atoms with E-state index in [0.29, 0.717) is 17.6 Å². The topological polar surface area (TPSA) is 91.4 Å². The number of hydrogen-bond donors (Lipinski definition) is 4. The quantitative estimate of drug-likeness (QED) is 0.610. The van der Waals surface area contributed by atoms with Crippen molar-refractivity contribution in [2.75, 3.05) is 24.3 Å². The number of nitrogens with zero attached hydrogens (tertiary/aromatic N) is 1. The lowest BCUT2D eigenvalue weighted by atomic mass is 9.97. The Balaban J connectivity index is 2.49. The Kier molecular flexibility index (Phi) is 3.87. The van der Waals surface area contributed by atoms with E-state index < -0.39 is 5.54 Å². The van der Waals surface area contributed by atoms with Crippen LogP contribution in [0, 0.1) is 0 Å². The van der Waals surface area contributed by atoms with Crippen LogP contribution in [0.4, 0.5) is 11.4 Å². The summed E-state index contributed by atoms with van der Waals surface area (Å²) in [7, 11) is 0. The maximum atomic E-state index is 9.50. The first-order chi connectivity index (χ1) is 9.15. The molecule has 2 rings (SSSR count). The van der Waals surface area contributed by atoms with Gasteiger partial charge < -0.3 is 21.3 Å². The number of nitrogens with one attached hydrogen (secondary N) is 1. The number of anilines is 2. The Bertz CT molecular complexity index is 559. The van der Waals surface area contributed by atoms with Crippen LogP contribution < -0.4 is 11.1 Å². The molecule has 19 heavy (non-hydrogen) atoms. The zero-order chi connectivity index (χ0) is 13.9. The Labute approximate surface area is 112 Å². The van der Waals surface area contributed by atoms with Gasteiger partial charge >= 0.3 is 0 Å². The summed E-state index contributed by atoms with van der Waals surface area (Å²) >= 11 is 0. The molecule has 0 fully saturated rings. The average molecular weight is 261 g/mol. The summed E-state index contributed by atoms with van der Waals surface area (Å²) in [6.07, 6.45) is 2.27. The SMILES string of the molecule is CCC(CO)(CO)Nc1ccnc2c(N)cccc12. The highest BCUT2D eigenvalue weighted by molar-refractivity contribution is 5.97. The zero-order valence-electron chi connectivity index (χ0n) is 10.9. The fourth-order valence-corrected chi connectivity index (χ4v) is 2.03. The van der Waals surface area contributed by atoms with E-state index in [1.165, 1.54) is 0 Å². The predicted octanol–water partition coefficient (Wildman–Crippen LogP) is 1.36. The van der Waals surface area contributed by atoms with Gasteiger partial charge in [0.25, 0.3) is 0 Å². The van der Waals surface area contributed by atoms with E-state index in [1.807, 2.05) is 25.1 Å². The summed E-state index contributed by atoms with van der Waals surface area (Å²) in [5.41, 5.74) is 7.29. The number of para-hydroxylation sites is 1. The highest BCUT2D eigenvalue weighted by Crippen LogP contribution is 2.28. The highest BCUT2D eigenvalue weighted by Gasteiger charge is 2.26. The molecule has 2 aromatic rings. The van der Waals surface area contributed by atoms with Crippen LogP contribution in [0.2, 0.25) is 0 Å². The van der Waals surface area contributed by atoms with E-state index in [0.717, 1.165) is 11.1 Å². The molecule has 0 aliphatic rings. The van der Waals surface area contributed by atoms with Crippen LogP contribution in [-0.2, 0) is 0 Å². The molecule has 0 radical (unpaired) electrons. The van der Waals surface area contributed by atoms with Crippen LogP contribution in [0.15, 0.2) is 30.5 Å². The van der Waals surface area contributed by atoms with Crippen molar-refractivity contribution in [1.29, 1.82) is 0 Å². The van der Waals surface area contributed by atoms with E-state index in [4.69, 9.17) is 5.73 Å². The summed E-state index contributed by atoms with van der Waals surface area (Å²) < 4.78 is 0. The number of rotatable bonds is 5. The molecule has 0 bridgehead atoms. The van der Waals surface area contributed by atoms with Gasteiger partial charge in [0.05, 0.1) is 30.0 Å². The van der Waals surface area contributed by atoms with Crippen LogP contribution in [0.3, 0.4) is 0 Å². The van der Waals surface area contributed by atoms with Gasteiger partial charge in [-0.3, -0.25) is 4.98 Å². The molecule has 0 aliphatic carbocycles. The molecule has 5 heteroatoms. The van der Waals surface area contributed by atoms with Crippen LogP contribution in [0.25, 0.3) is 10.9 Å². The predicted molar refractivity (Wildman–Crippen MR) is 77.0 cm³/mol. The van der Waals surface area contributed by atoms with Crippen molar-refractivity contribution in [3.63, 3.8) is 0 Å². The van der Waals surface area contributed by atoms with Crippen molar-refractivity contribution in [2.45, 2.75) is 18.9 Å². The molecule has 0 unspecified atom stereocenters. The van der Waals surface area contributed by atoms with Crippen molar-refractivity contribution in [3.8, 4) is 0 Å². The maximum absolute atomic E-state index is 9.50. The average Bonchev–Trinajstić information content (AvgIpc) is 2.46. The molecule has 5 nitrogen and oxygen atoms in total. The normalized spacial score (nSPS) is 11.7. The third-order valence-corrected chi connectivity index (χ3v) is 3.48. The first kappa shape index (κ1) is 13.6. The summed E-state index contributed by atoms with van der Waals surface area (Å²) in [5, 5.41) is 23.1. The molecular weight excluding hydrogens is 242 g/mol. The van der Waals surface area contributed by atoms with Gasteiger partial charge in [-0.05, 0) is 18.6 Å². The minimum Gasteiger partial charge on any atom is -0.397 e. The van der Waals surface area contributed by atoms with Gasteiger partial charge in [0.15, 0.2) is 0 Å². The van der Waals surface area contributed by atoms with Gasteiger partial charge in [0.1, 0.15) is 0 Å². The Morgan fingerprint density at radius 2 is 2.00 bits per heavy atom. The van der Waals surface area contributed by atoms with Gasteiger partial charge in [-0.15, -0.1) is 0 Å². The zero-order valence-corrected chi connectivity index (χ0v) is 10.9. The summed E-state index contributed by atoms with van der Waals surface area (Å²) in [4.78, 5) is 4.26. The number of aliphatic hydroxyl groups excluding tert-OH is 2. The lowest BCUT2D eigenvalue weighted by molar-refractivity contribution is 0.132. The molecule has 0 aliphatic heterocycles. The molecule has 1 heterocycles. The number of pyridine rings is 1. The monoisotopic (exact) mass is 261 g/mol. The summed E-state index contributed by atoms with van der Waals surface area (Å²) in [6.45, 7) is 1.62. The second-order valence-electron chi connectivity index (χ2n) is 4.68. The van der Waals surface area contributed by atoms with Crippen molar-refractivity contribution < 1.29 is 10.2 Å². The second-order valence-corrected chi connectivity index (χ2v) is 4.68. The second kappa shape index (κ2) is 5.42. The van der Waals surface area contributed by atoms with Crippen molar-refractivity contribution >= 4 is 22.3 Å². The van der Waals surface area contributed by atoms with Crippen molar-refractivity contribution in [2.24, 2.45) is 0 Å². The van der Waals surface area contributed by atoms with E-state index in [-0.39, 0.29) is 13.2 Å². The Morgan fingerprint density at radius 1 is 1.26 bits per heavy atom. The molecule has 1 aromatic carbocycles. The lowest BCUT2D eigenvalue weighted by Crippen LogP contribution is -2.45. The highest BCUT2D eigenvalue weighted by atomic mass is 16.3. The molecule has 0 amide bonds. The Hall–Kier alpha value is -1.85. The standard InChI is InChI=1S/C14H19N3O2/c1-2-14(8-18,9-19)17-12-6-7-16-13-10(12)4-3-5-11(13)15/h3-7,18-19H,2,8-9,15H2,1H3,(H,16,17). The van der Waals surface area contributed by atoms with E-state index in [1.54, 1.807) is 12.3 Å². The number of aromatic nitrogens is 1. The first-order valence-corrected chi connectivity index (χ1v) is 6.29. The van der Waals surface area contributed by atoms with Gasteiger partial charge in [-0.25, -0.2) is 0 Å². The van der Waals surface area contributed by atoms with E-state index in [2.05, 4.69) is 10.3 Å². The number of hydrogen-bond acceptors (Lipinski definition) is 5. The molecule has 1 aromatic heterocycles. The van der Waals surface area contributed by atoms with Gasteiger partial charge in [-0.1, -0.05) is 19.1 Å². The number of benzene rings is 1. The largest absolute Gasteiger partial charge is 0.397 e. The van der Waals surface area contributed by atoms with Crippen molar-refractivity contribution in [1.82, 2.24) is 4.98 Å². The maximum Gasteiger partial charge on any atom is 0.0951 e. The molecule has 0 saturated heterocycles. The number of nitrogen functional groups attached to an aromatic ring is 1. The first-order valence-electron chi connectivity index (χ1n) is 6.29. The molecular formula is C14H19N3O2. The fraction of sp³-hybridized carbons (Fsp3) is 0.357. The number of fused-ring (bicyclic) bond motifs is 1. The third-order valence-electron chi connectivity index (χ3n) is 3.48. The minimum atomic E-state index is -0.737. The van der Waals surface area contributed by atoms with Gasteiger partial charge in [-0.2, -0.15) is 0 Å². The van der Waals surface area contributed by atoms with E-state index in [9.17, 15) is 10.2 Å². The summed E-state index contributed by atoms with van der Waals surface area (Å²) in [6, 6.07) is 7.38. The van der Waals surface area contributed by atoms with Gasteiger partial charge in [0, 0.05) is 17.3 Å².